The Morgan fingerprint density at radius 1 is 1.10 bits per heavy atom. The molecule has 1 heterocycles. The monoisotopic (exact) mass is 466 g/mol. The highest BCUT2D eigenvalue weighted by atomic mass is 79.9. The molecule has 2 aromatic carbocycles. The number of rotatable bonds is 6. The predicted octanol–water partition coefficient (Wildman–Crippen LogP) is 4.55. The molecule has 0 spiro atoms. The van der Waals surface area contributed by atoms with E-state index in [4.69, 9.17) is 0 Å². The van der Waals surface area contributed by atoms with Crippen LogP contribution in [-0.4, -0.2) is 50.1 Å². The number of nitrogens with zero attached hydrogens (tertiary/aromatic N) is 4. The van der Waals surface area contributed by atoms with Crippen molar-refractivity contribution in [2.75, 3.05) is 49.1 Å². The van der Waals surface area contributed by atoms with Crippen molar-refractivity contribution in [1.29, 1.82) is 5.26 Å². The van der Waals surface area contributed by atoms with Crippen LogP contribution in [0.3, 0.4) is 0 Å². The summed E-state index contributed by atoms with van der Waals surface area (Å²) >= 11 is 3.63. The van der Waals surface area contributed by atoms with E-state index in [2.05, 4.69) is 57.8 Å². The van der Waals surface area contributed by atoms with Crippen LogP contribution in [0.1, 0.15) is 19.4 Å². The van der Waals surface area contributed by atoms with Gasteiger partial charge in [0.05, 0.1) is 5.69 Å². The Balaban J connectivity index is 1.70. The van der Waals surface area contributed by atoms with Gasteiger partial charge in [-0.1, -0.05) is 24.3 Å². The van der Waals surface area contributed by atoms with E-state index in [1.54, 1.807) is 11.0 Å². The lowest BCUT2D eigenvalue weighted by Crippen LogP contribution is -2.49. The van der Waals surface area contributed by atoms with Crippen molar-refractivity contribution < 1.29 is 4.79 Å². The fraction of sp³-hybridized carbons (Fsp3) is 0.333. The van der Waals surface area contributed by atoms with E-state index in [1.165, 1.54) is 5.69 Å². The van der Waals surface area contributed by atoms with Gasteiger partial charge in [-0.25, -0.2) is 0 Å². The van der Waals surface area contributed by atoms with Gasteiger partial charge in [-0.2, -0.15) is 5.26 Å². The van der Waals surface area contributed by atoms with Crippen molar-refractivity contribution in [1.82, 2.24) is 4.90 Å². The van der Waals surface area contributed by atoms with Crippen LogP contribution in [0.15, 0.2) is 58.6 Å². The third-order valence-corrected chi connectivity index (χ3v) is 6.06. The maximum Gasteiger partial charge on any atom is 0.264 e. The molecule has 1 aliphatic heterocycles. The Morgan fingerprint density at radius 3 is 2.33 bits per heavy atom. The molecule has 0 atom stereocenters. The van der Waals surface area contributed by atoms with Gasteiger partial charge in [0, 0.05) is 49.4 Å². The van der Waals surface area contributed by atoms with E-state index in [9.17, 15) is 10.1 Å². The van der Waals surface area contributed by atoms with Crippen molar-refractivity contribution in [3.05, 3.63) is 64.1 Å². The molecular formula is C24H27BrN4O. The number of anilines is 2. The summed E-state index contributed by atoms with van der Waals surface area (Å²) in [7, 11) is 0. The highest BCUT2D eigenvalue weighted by Gasteiger charge is 2.24. The first-order chi connectivity index (χ1) is 14.6. The third kappa shape index (κ3) is 5.03. The summed E-state index contributed by atoms with van der Waals surface area (Å²) in [6.45, 7) is 8.82. The number of carbonyl (C=O) groups excluding carboxylic acids is 1. The van der Waals surface area contributed by atoms with Gasteiger partial charge in [0.15, 0.2) is 0 Å². The average Bonchev–Trinajstić information content (AvgIpc) is 2.79. The molecule has 0 N–H and O–H groups in total. The molecule has 0 radical (unpaired) electrons. The summed E-state index contributed by atoms with van der Waals surface area (Å²) in [5.41, 5.74) is 3.29. The highest BCUT2D eigenvalue weighted by molar-refractivity contribution is 9.10. The van der Waals surface area contributed by atoms with Gasteiger partial charge in [-0.3, -0.25) is 4.79 Å². The third-order valence-electron chi connectivity index (χ3n) is 5.43. The lowest BCUT2D eigenvalue weighted by molar-refractivity contribution is -0.126. The highest BCUT2D eigenvalue weighted by Crippen LogP contribution is 2.28. The van der Waals surface area contributed by atoms with Gasteiger partial charge >= 0.3 is 0 Å². The Morgan fingerprint density at radius 2 is 1.77 bits per heavy atom. The van der Waals surface area contributed by atoms with Crippen LogP contribution in [0.2, 0.25) is 0 Å². The summed E-state index contributed by atoms with van der Waals surface area (Å²) in [5.74, 6) is -0.200. The Hall–Kier alpha value is -2.78. The molecule has 2 aromatic rings. The fourth-order valence-electron chi connectivity index (χ4n) is 3.72. The van der Waals surface area contributed by atoms with Crippen molar-refractivity contribution in [3.63, 3.8) is 0 Å². The zero-order valence-electron chi connectivity index (χ0n) is 17.5. The molecule has 3 rings (SSSR count). The van der Waals surface area contributed by atoms with Gasteiger partial charge in [-0.05, 0) is 65.7 Å². The minimum absolute atomic E-state index is 0.172. The number of piperazine rings is 1. The first kappa shape index (κ1) is 21.9. The molecule has 1 saturated heterocycles. The largest absolute Gasteiger partial charge is 0.371 e. The average molecular weight is 467 g/mol. The van der Waals surface area contributed by atoms with Gasteiger partial charge < -0.3 is 14.7 Å². The second-order valence-electron chi connectivity index (χ2n) is 7.17. The van der Waals surface area contributed by atoms with Crippen LogP contribution < -0.4 is 9.80 Å². The molecule has 0 unspecified atom stereocenters. The number of hydrogen-bond acceptors (Lipinski definition) is 4. The molecular weight excluding hydrogens is 440 g/mol. The minimum Gasteiger partial charge on any atom is -0.371 e. The molecule has 6 heteroatoms. The molecule has 1 amide bonds. The van der Waals surface area contributed by atoms with Crippen molar-refractivity contribution >= 4 is 39.3 Å². The predicted molar refractivity (Wildman–Crippen MR) is 127 cm³/mol. The van der Waals surface area contributed by atoms with E-state index >= 15 is 0 Å². The summed E-state index contributed by atoms with van der Waals surface area (Å²) in [5, 5.41) is 9.61. The van der Waals surface area contributed by atoms with Gasteiger partial charge in [-0.15, -0.1) is 0 Å². The fourth-order valence-corrected chi connectivity index (χ4v) is 4.37. The van der Waals surface area contributed by atoms with Gasteiger partial charge in [0.1, 0.15) is 11.6 Å². The van der Waals surface area contributed by atoms with Crippen molar-refractivity contribution in [2.24, 2.45) is 0 Å². The van der Waals surface area contributed by atoms with Crippen LogP contribution in [-0.2, 0) is 4.79 Å². The van der Waals surface area contributed by atoms with E-state index in [0.717, 1.165) is 41.9 Å². The van der Waals surface area contributed by atoms with Crippen molar-refractivity contribution in [2.45, 2.75) is 13.8 Å². The second-order valence-corrected chi connectivity index (χ2v) is 8.02. The summed E-state index contributed by atoms with van der Waals surface area (Å²) in [6, 6.07) is 18.3. The summed E-state index contributed by atoms with van der Waals surface area (Å²) in [4.78, 5) is 19.2. The van der Waals surface area contributed by atoms with Crippen LogP contribution >= 0.6 is 15.9 Å². The smallest absolute Gasteiger partial charge is 0.264 e. The Labute approximate surface area is 187 Å². The lowest BCUT2D eigenvalue weighted by Gasteiger charge is -2.36. The zero-order chi connectivity index (χ0) is 21.5. The number of para-hydroxylation sites is 1. The van der Waals surface area contributed by atoms with Crippen LogP contribution in [0.4, 0.5) is 11.4 Å². The maximum atomic E-state index is 12.9. The second kappa shape index (κ2) is 10.3. The number of carbonyl (C=O) groups is 1. The SMILES string of the molecule is CCN(CC)c1ccc(/C=C(/C#N)C(=O)N2CCN(c3ccccc3)CC2)cc1Br. The number of amides is 1. The number of benzene rings is 2. The number of hydrogen-bond donors (Lipinski definition) is 0. The molecule has 0 aliphatic carbocycles. The van der Waals surface area contributed by atoms with Crippen molar-refractivity contribution in [3.8, 4) is 6.07 Å². The van der Waals surface area contributed by atoms with E-state index in [1.807, 2.05) is 36.4 Å². The molecule has 1 fully saturated rings. The minimum atomic E-state index is -0.200. The maximum absolute atomic E-state index is 12.9. The normalized spacial score (nSPS) is 14.4. The number of nitriles is 1. The first-order valence-electron chi connectivity index (χ1n) is 10.3. The Kier molecular flexibility index (Phi) is 7.53. The topological polar surface area (TPSA) is 50.6 Å². The molecule has 0 aromatic heterocycles. The molecule has 30 heavy (non-hydrogen) atoms. The first-order valence-corrected chi connectivity index (χ1v) is 11.1. The summed E-state index contributed by atoms with van der Waals surface area (Å²) in [6.07, 6.45) is 1.68. The lowest BCUT2D eigenvalue weighted by atomic mass is 10.1. The van der Waals surface area contributed by atoms with Crippen LogP contribution in [0.5, 0.6) is 0 Å². The summed E-state index contributed by atoms with van der Waals surface area (Å²) < 4.78 is 0.959. The van der Waals surface area contributed by atoms with E-state index in [0.29, 0.717) is 13.1 Å². The van der Waals surface area contributed by atoms with E-state index in [-0.39, 0.29) is 11.5 Å². The molecule has 156 valence electrons. The Bertz CT molecular complexity index is 939. The van der Waals surface area contributed by atoms with Gasteiger partial charge in [0.2, 0.25) is 0 Å². The molecule has 5 nitrogen and oxygen atoms in total. The van der Waals surface area contributed by atoms with E-state index < -0.39 is 0 Å². The van der Waals surface area contributed by atoms with Gasteiger partial charge in [0.25, 0.3) is 5.91 Å². The van der Waals surface area contributed by atoms with Crippen LogP contribution in [0, 0.1) is 11.3 Å². The molecule has 0 bridgehead atoms. The zero-order valence-corrected chi connectivity index (χ0v) is 19.1. The quantitative estimate of drug-likeness (QED) is 0.462. The standard InChI is InChI=1S/C24H27BrN4O/c1-3-27(4-2)23-11-10-19(17-22(23)25)16-20(18-26)24(30)29-14-12-28(13-15-29)21-8-6-5-7-9-21/h5-11,16-17H,3-4,12-15H2,1-2H3/b20-16-. The molecule has 0 saturated carbocycles. The van der Waals surface area contributed by atoms with Crippen LogP contribution in [0.25, 0.3) is 6.08 Å². The molecule has 1 aliphatic rings. The number of halogens is 1.